The SMILES string of the molecule is CNC(CCC(F)(F)F)Cc1ccc2occc2c1. The summed E-state index contributed by atoms with van der Waals surface area (Å²) >= 11 is 0. The number of hydrogen-bond acceptors (Lipinski definition) is 2. The summed E-state index contributed by atoms with van der Waals surface area (Å²) in [6.45, 7) is 0. The summed E-state index contributed by atoms with van der Waals surface area (Å²) in [7, 11) is 1.69. The van der Waals surface area contributed by atoms with E-state index in [1.807, 2.05) is 24.3 Å². The molecule has 0 aliphatic carbocycles. The monoisotopic (exact) mass is 271 g/mol. The van der Waals surface area contributed by atoms with Crippen molar-refractivity contribution in [1.82, 2.24) is 5.32 Å². The molecule has 2 aromatic rings. The highest BCUT2D eigenvalue weighted by Crippen LogP contribution is 2.24. The van der Waals surface area contributed by atoms with E-state index in [0.717, 1.165) is 16.5 Å². The van der Waals surface area contributed by atoms with Crippen LogP contribution in [-0.4, -0.2) is 19.3 Å². The Labute approximate surface area is 109 Å². The first-order valence-corrected chi connectivity index (χ1v) is 6.18. The van der Waals surface area contributed by atoms with E-state index in [-0.39, 0.29) is 12.5 Å². The molecule has 0 saturated carbocycles. The second kappa shape index (κ2) is 5.65. The minimum Gasteiger partial charge on any atom is -0.464 e. The lowest BCUT2D eigenvalue weighted by atomic mass is 10.0. The summed E-state index contributed by atoms with van der Waals surface area (Å²) in [4.78, 5) is 0. The lowest BCUT2D eigenvalue weighted by molar-refractivity contribution is -0.136. The van der Waals surface area contributed by atoms with Crippen LogP contribution in [-0.2, 0) is 6.42 Å². The molecule has 0 aliphatic rings. The topological polar surface area (TPSA) is 25.2 Å². The molecule has 19 heavy (non-hydrogen) atoms. The largest absolute Gasteiger partial charge is 0.464 e. The molecule has 0 fully saturated rings. The molecule has 1 aromatic heterocycles. The fraction of sp³-hybridized carbons (Fsp3) is 0.429. The molecule has 0 radical (unpaired) electrons. The van der Waals surface area contributed by atoms with Crippen LogP contribution in [0.5, 0.6) is 0 Å². The Hall–Kier alpha value is -1.49. The summed E-state index contributed by atoms with van der Waals surface area (Å²) in [5, 5.41) is 3.92. The van der Waals surface area contributed by atoms with E-state index >= 15 is 0 Å². The summed E-state index contributed by atoms with van der Waals surface area (Å²) < 4.78 is 41.9. The standard InChI is InChI=1S/C14H16F3NO/c1-18-12(4-6-14(15,16)17)9-10-2-3-13-11(8-10)5-7-19-13/h2-3,5,7-8,12,18H,4,6,9H2,1H3. The Bertz CT molecular complexity index is 533. The number of nitrogens with one attached hydrogen (secondary N) is 1. The highest BCUT2D eigenvalue weighted by Gasteiger charge is 2.28. The maximum absolute atomic E-state index is 12.2. The molecule has 2 rings (SSSR count). The Morgan fingerprint density at radius 1 is 1.26 bits per heavy atom. The Balaban J connectivity index is 2.00. The third kappa shape index (κ3) is 3.99. The smallest absolute Gasteiger partial charge is 0.389 e. The number of rotatable bonds is 5. The normalized spacial score (nSPS) is 13.9. The quantitative estimate of drug-likeness (QED) is 0.892. The van der Waals surface area contributed by atoms with Crippen molar-refractivity contribution in [2.24, 2.45) is 0 Å². The van der Waals surface area contributed by atoms with Crippen LogP contribution in [0.25, 0.3) is 11.0 Å². The zero-order valence-corrected chi connectivity index (χ0v) is 10.6. The first-order valence-electron chi connectivity index (χ1n) is 6.18. The second-order valence-corrected chi connectivity index (χ2v) is 4.64. The maximum Gasteiger partial charge on any atom is 0.389 e. The van der Waals surface area contributed by atoms with Crippen molar-refractivity contribution in [1.29, 1.82) is 0 Å². The molecule has 0 amide bonds. The van der Waals surface area contributed by atoms with Crippen LogP contribution in [0.4, 0.5) is 13.2 Å². The number of likely N-dealkylation sites (N-methyl/N-ethyl adjacent to an activating group) is 1. The summed E-state index contributed by atoms with van der Waals surface area (Å²) in [5.41, 5.74) is 1.80. The molecule has 1 N–H and O–H groups in total. The highest BCUT2D eigenvalue weighted by atomic mass is 19.4. The van der Waals surface area contributed by atoms with Gasteiger partial charge < -0.3 is 9.73 Å². The summed E-state index contributed by atoms with van der Waals surface area (Å²) in [6.07, 6.45) is -2.58. The van der Waals surface area contributed by atoms with Crippen LogP contribution in [0.15, 0.2) is 34.9 Å². The van der Waals surface area contributed by atoms with E-state index in [0.29, 0.717) is 6.42 Å². The van der Waals surface area contributed by atoms with Crippen molar-refractivity contribution in [3.8, 4) is 0 Å². The van der Waals surface area contributed by atoms with E-state index in [1.54, 1.807) is 13.3 Å². The Morgan fingerprint density at radius 3 is 2.74 bits per heavy atom. The van der Waals surface area contributed by atoms with Gasteiger partial charge in [-0.15, -0.1) is 0 Å². The van der Waals surface area contributed by atoms with Gasteiger partial charge in [-0.25, -0.2) is 0 Å². The van der Waals surface area contributed by atoms with Gasteiger partial charge in [0.05, 0.1) is 6.26 Å². The van der Waals surface area contributed by atoms with Crippen molar-refractivity contribution in [3.63, 3.8) is 0 Å². The zero-order chi connectivity index (χ0) is 13.9. The van der Waals surface area contributed by atoms with Crippen molar-refractivity contribution < 1.29 is 17.6 Å². The van der Waals surface area contributed by atoms with Crippen molar-refractivity contribution in [2.75, 3.05) is 7.05 Å². The Morgan fingerprint density at radius 2 is 2.05 bits per heavy atom. The fourth-order valence-corrected chi connectivity index (χ4v) is 2.11. The number of furan rings is 1. The maximum atomic E-state index is 12.2. The molecule has 1 aromatic carbocycles. The third-order valence-electron chi connectivity index (χ3n) is 3.18. The van der Waals surface area contributed by atoms with Crippen LogP contribution < -0.4 is 5.32 Å². The van der Waals surface area contributed by atoms with Gasteiger partial charge in [0.15, 0.2) is 0 Å². The number of hydrogen-bond donors (Lipinski definition) is 1. The number of benzene rings is 1. The van der Waals surface area contributed by atoms with Crippen LogP contribution in [0, 0.1) is 0 Å². The fourth-order valence-electron chi connectivity index (χ4n) is 2.11. The summed E-state index contributed by atoms with van der Waals surface area (Å²) in [6, 6.07) is 7.37. The Kier molecular flexibility index (Phi) is 4.14. The van der Waals surface area contributed by atoms with Crippen LogP contribution in [0.1, 0.15) is 18.4 Å². The van der Waals surface area contributed by atoms with E-state index in [2.05, 4.69) is 5.32 Å². The summed E-state index contributed by atoms with van der Waals surface area (Å²) in [5.74, 6) is 0. The zero-order valence-electron chi connectivity index (χ0n) is 10.6. The number of fused-ring (bicyclic) bond motifs is 1. The van der Waals surface area contributed by atoms with E-state index in [1.165, 1.54) is 0 Å². The molecule has 2 nitrogen and oxygen atoms in total. The molecule has 0 bridgehead atoms. The van der Waals surface area contributed by atoms with Gasteiger partial charge in [-0.05, 0) is 43.7 Å². The van der Waals surface area contributed by atoms with Crippen LogP contribution in [0.3, 0.4) is 0 Å². The molecule has 5 heteroatoms. The predicted molar refractivity (Wildman–Crippen MR) is 68.1 cm³/mol. The molecular weight excluding hydrogens is 255 g/mol. The van der Waals surface area contributed by atoms with Gasteiger partial charge in [-0.2, -0.15) is 13.2 Å². The van der Waals surface area contributed by atoms with Crippen molar-refractivity contribution in [2.45, 2.75) is 31.5 Å². The lowest BCUT2D eigenvalue weighted by Crippen LogP contribution is -2.29. The number of alkyl halides is 3. The number of halogens is 3. The van der Waals surface area contributed by atoms with Gasteiger partial charge >= 0.3 is 6.18 Å². The minimum atomic E-state index is -4.09. The molecule has 1 unspecified atom stereocenters. The van der Waals surface area contributed by atoms with Gasteiger partial charge in [0, 0.05) is 17.8 Å². The van der Waals surface area contributed by atoms with Gasteiger partial charge in [0.25, 0.3) is 0 Å². The third-order valence-corrected chi connectivity index (χ3v) is 3.18. The van der Waals surface area contributed by atoms with E-state index in [4.69, 9.17) is 4.42 Å². The molecule has 0 saturated heterocycles. The molecule has 0 spiro atoms. The van der Waals surface area contributed by atoms with Gasteiger partial charge in [0.2, 0.25) is 0 Å². The average Bonchev–Trinajstić information content (AvgIpc) is 2.80. The predicted octanol–water partition coefficient (Wildman–Crippen LogP) is 3.91. The molecule has 0 aliphatic heterocycles. The van der Waals surface area contributed by atoms with Gasteiger partial charge in [0.1, 0.15) is 5.58 Å². The van der Waals surface area contributed by atoms with Crippen molar-refractivity contribution >= 4 is 11.0 Å². The van der Waals surface area contributed by atoms with Gasteiger partial charge in [-0.3, -0.25) is 0 Å². The molecule has 1 atom stereocenters. The molecule has 1 heterocycles. The van der Waals surface area contributed by atoms with Crippen LogP contribution in [0.2, 0.25) is 0 Å². The van der Waals surface area contributed by atoms with E-state index < -0.39 is 12.6 Å². The first-order chi connectivity index (χ1) is 8.98. The lowest BCUT2D eigenvalue weighted by Gasteiger charge is -2.17. The second-order valence-electron chi connectivity index (χ2n) is 4.64. The molecular formula is C14H16F3NO. The van der Waals surface area contributed by atoms with Gasteiger partial charge in [-0.1, -0.05) is 6.07 Å². The highest BCUT2D eigenvalue weighted by molar-refractivity contribution is 5.77. The average molecular weight is 271 g/mol. The molecule has 104 valence electrons. The minimum absolute atomic E-state index is 0.0867. The van der Waals surface area contributed by atoms with Crippen LogP contribution >= 0.6 is 0 Å². The first kappa shape index (κ1) is 13.9. The van der Waals surface area contributed by atoms with E-state index in [9.17, 15) is 13.2 Å². The van der Waals surface area contributed by atoms with Crippen molar-refractivity contribution in [3.05, 3.63) is 36.1 Å².